The van der Waals surface area contributed by atoms with Crippen molar-refractivity contribution in [1.82, 2.24) is 15.1 Å². The number of carbonyl (C=O) groups excluding carboxylic acids is 1. The standard InChI is InChI=1S/C19H19N3O2/c1-15-6-5-9-18(10-15)24-14-19(23)20-11-16-12-21-22(13-16)17-7-3-2-4-8-17/h2-10,12-13H,11,14H2,1H3,(H,20,23). The smallest absolute Gasteiger partial charge is 0.258 e. The van der Waals surface area contributed by atoms with Gasteiger partial charge in [0.1, 0.15) is 5.75 Å². The Kier molecular flexibility index (Phi) is 4.91. The molecule has 1 amide bonds. The number of benzene rings is 2. The van der Waals surface area contributed by atoms with Crippen LogP contribution in [0.3, 0.4) is 0 Å². The van der Waals surface area contributed by atoms with E-state index in [9.17, 15) is 4.79 Å². The number of ether oxygens (including phenoxy) is 1. The fourth-order valence-corrected chi connectivity index (χ4v) is 2.28. The number of carbonyl (C=O) groups is 1. The third-order valence-corrected chi connectivity index (χ3v) is 3.51. The van der Waals surface area contributed by atoms with Gasteiger partial charge in [-0.1, -0.05) is 30.3 Å². The van der Waals surface area contributed by atoms with Crippen LogP contribution in [0, 0.1) is 6.92 Å². The molecule has 5 nitrogen and oxygen atoms in total. The minimum absolute atomic E-state index is 0.00369. The molecular weight excluding hydrogens is 302 g/mol. The Balaban J connectivity index is 1.49. The lowest BCUT2D eigenvalue weighted by molar-refractivity contribution is -0.123. The highest BCUT2D eigenvalue weighted by Gasteiger charge is 2.05. The van der Waals surface area contributed by atoms with E-state index in [1.807, 2.05) is 67.7 Å². The number of nitrogens with one attached hydrogen (secondary N) is 1. The fraction of sp³-hybridized carbons (Fsp3) is 0.158. The van der Waals surface area contributed by atoms with E-state index >= 15 is 0 Å². The van der Waals surface area contributed by atoms with Crippen molar-refractivity contribution >= 4 is 5.91 Å². The second kappa shape index (κ2) is 7.46. The van der Waals surface area contributed by atoms with Gasteiger partial charge < -0.3 is 10.1 Å². The summed E-state index contributed by atoms with van der Waals surface area (Å²) in [5.74, 6) is 0.533. The van der Waals surface area contributed by atoms with Gasteiger partial charge in [-0.05, 0) is 36.8 Å². The first kappa shape index (κ1) is 15.8. The van der Waals surface area contributed by atoms with Gasteiger partial charge in [0.2, 0.25) is 0 Å². The summed E-state index contributed by atoms with van der Waals surface area (Å²) in [7, 11) is 0. The highest BCUT2D eigenvalue weighted by atomic mass is 16.5. The zero-order chi connectivity index (χ0) is 16.8. The molecule has 1 heterocycles. The summed E-state index contributed by atoms with van der Waals surface area (Å²) in [5.41, 5.74) is 3.02. The summed E-state index contributed by atoms with van der Waals surface area (Å²) in [6.07, 6.45) is 3.64. The average Bonchev–Trinajstić information content (AvgIpc) is 3.08. The molecule has 0 unspecified atom stereocenters. The summed E-state index contributed by atoms with van der Waals surface area (Å²) in [4.78, 5) is 11.9. The molecule has 0 spiro atoms. The van der Waals surface area contributed by atoms with Crippen LogP contribution in [0.1, 0.15) is 11.1 Å². The van der Waals surface area contributed by atoms with E-state index in [2.05, 4.69) is 10.4 Å². The Hall–Kier alpha value is -3.08. The van der Waals surface area contributed by atoms with Gasteiger partial charge in [-0.2, -0.15) is 5.10 Å². The van der Waals surface area contributed by atoms with Gasteiger partial charge in [0.05, 0.1) is 11.9 Å². The highest BCUT2D eigenvalue weighted by Crippen LogP contribution is 2.12. The van der Waals surface area contributed by atoms with Crippen molar-refractivity contribution in [3.05, 3.63) is 78.1 Å². The molecule has 24 heavy (non-hydrogen) atoms. The number of hydrogen-bond donors (Lipinski definition) is 1. The van der Waals surface area contributed by atoms with Crippen LogP contribution >= 0.6 is 0 Å². The zero-order valence-corrected chi connectivity index (χ0v) is 13.5. The molecule has 3 aromatic rings. The molecule has 0 aliphatic rings. The lowest BCUT2D eigenvalue weighted by Gasteiger charge is -2.07. The first-order chi connectivity index (χ1) is 11.7. The van der Waals surface area contributed by atoms with Crippen molar-refractivity contribution in [1.29, 1.82) is 0 Å². The monoisotopic (exact) mass is 321 g/mol. The van der Waals surface area contributed by atoms with Gasteiger partial charge in [-0.3, -0.25) is 4.79 Å². The molecule has 2 aromatic carbocycles. The second-order valence-corrected chi connectivity index (χ2v) is 5.51. The minimum Gasteiger partial charge on any atom is -0.484 e. The molecule has 0 atom stereocenters. The van der Waals surface area contributed by atoms with Crippen molar-refractivity contribution in [2.45, 2.75) is 13.5 Å². The molecule has 122 valence electrons. The van der Waals surface area contributed by atoms with Crippen LogP contribution in [0.5, 0.6) is 5.75 Å². The van der Waals surface area contributed by atoms with Crippen molar-refractivity contribution in [2.24, 2.45) is 0 Å². The number of nitrogens with zero attached hydrogens (tertiary/aromatic N) is 2. The zero-order valence-electron chi connectivity index (χ0n) is 13.5. The van der Waals surface area contributed by atoms with Gasteiger partial charge in [0.25, 0.3) is 5.91 Å². The first-order valence-corrected chi connectivity index (χ1v) is 7.76. The van der Waals surface area contributed by atoms with Gasteiger partial charge in [0, 0.05) is 18.3 Å². The molecule has 0 aliphatic carbocycles. The topological polar surface area (TPSA) is 56.1 Å². The van der Waals surface area contributed by atoms with Crippen molar-refractivity contribution in [3.8, 4) is 11.4 Å². The van der Waals surface area contributed by atoms with E-state index in [4.69, 9.17) is 4.74 Å². The van der Waals surface area contributed by atoms with Crippen molar-refractivity contribution in [2.75, 3.05) is 6.61 Å². The Morgan fingerprint density at radius 1 is 1.17 bits per heavy atom. The maximum absolute atomic E-state index is 11.9. The van der Waals surface area contributed by atoms with E-state index in [-0.39, 0.29) is 12.5 Å². The van der Waals surface area contributed by atoms with Gasteiger partial charge >= 0.3 is 0 Å². The molecule has 1 aromatic heterocycles. The number of rotatable bonds is 6. The maximum atomic E-state index is 11.9. The summed E-state index contributed by atoms with van der Waals surface area (Å²) >= 11 is 0. The minimum atomic E-state index is -0.163. The van der Waals surface area contributed by atoms with E-state index in [1.165, 1.54) is 0 Å². The predicted octanol–water partition coefficient (Wildman–Crippen LogP) is 2.88. The fourth-order valence-electron chi connectivity index (χ4n) is 2.28. The molecule has 0 aliphatic heterocycles. The largest absolute Gasteiger partial charge is 0.484 e. The van der Waals surface area contributed by atoms with Crippen LogP contribution in [0.4, 0.5) is 0 Å². The Morgan fingerprint density at radius 2 is 2.00 bits per heavy atom. The Morgan fingerprint density at radius 3 is 2.79 bits per heavy atom. The van der Waals surface area contributed by atoms with Gasteiger partial charge in [-0.15, -0.1) is 0 Å². The number of aryl methyl sites for hydroxylation is 1. The molecular formula is C19H19N3O2. The number of aromatic nitrogens is 2. The highest BCUT2D eigenvalue weighted by molar-refractivity contribution is 5.77. The molecule has 5 heteroatoms. The van der Waals surface area contributed by atoms with Crippen LogP contribution in [0.15, 0.2) is 67.0 Å². The Bertz CT molecular complexity index is 812. The van der Waals surface area contributed by atoms with Crippen LogP contribution in [0.25, 0.3) is 5.69 Å². The number of hydrogen-bond acceptors (Lipinski definition) is 3. The molecule has 0 saturated heterocycles. The molecule has 0 fully saturated rings. The maximum Gasteiger partial charge on any atom is 0.258 e. The van der Waals surface area contributed by atoms with Crippen molar-refractivity contribution < 1.29 is 9.53 Å². The molecule has 0 bridgehead atoms. The summed E-state index contributed by atoms with van der Waals surface area (Å²) < 4.78 is 7.26. The van der Waals surface area contributed by atoms with Gasteiger partial charge in [-0.25, -0.2) is 4.68 Å². The van der Waals surface area contributed by atoms with Gasteiger partial charge in [0.15, 0.2) is 6.61 Å². The first-order valence-electron chi connectivity index (χ1n) is 7.76. The predicted molar refractivity (Wildman–Crippen MR) is 92.1 cm³/mol. The lowest BCUT2D eigenvalue weighted by Crippen LogP contribution is -2.28. The molecule has 1 N–H and O–H groups in total. The SMILES string of the molecule is Cc1cccc(OCC(=O)NCc2cnn(-c3ccccc3)c2)c1. The molecule has 0 saturated carbocycles. The normalized spacial score (nSPS) is 10.4. The quantitative estimate of drug-likeness (QED) is 0.759. The summed E-state index contributed by atoms with van der Waals surface area (Å²) in [5, 5.41) is 7.13. The van der Waals surface area contributed by atoms with E-state index < -0.39 is 0 Å². The summed E-state index contributed by atoms with van der Waals surface area (Å²) in [6.45, 7) is 2.40. The van der Waals surface area contributed by atoms with Crippen molar-refractivity contribution in [3.63, 3.8) is 0 Å². The van der Waals surface area contributed by atoms with E-state index in [0.717, 1.165) is 16.8 Å². The average molecular weight is 321 g/mol. The lowest BCUT2D eigenvalue weighted by atomic mass is 10.2. The summed E-state index contributed by atoms with van der Waals surface area (Å²) in [6, 6.07) is 17.5. The second-order valence-electron chi connectivity index (χ2n) is 5.51. The number of para-hydroxylation sites is 1. The third kappa shape index (κ3) is 4.23. The van der Waals surface area contributed by atoms with Crippen LogP contribution in [-0.4, -0.2) is 22.3 Å². The third-order valence-electron chi connectivity index (χ3n) is 3.51. The molecule has 3 rings (SSSR count). The van der Waals surface area contributed by atoms with E-state index in [1.54, 1.807) is 10.9 Å². The van der Waals surface area contributed by atoms with Crippen LogP contribution in [0.2, 0.25) is 0 Å². The molecule has 0 radical (unpaired) electrons. The van der Waals surface area contributed by atoms with Crippen LogP contribution in [-0.2, 0) is 11.3 Å². The number of amides is 1. The van der Waals surface area contributed by atoms with Crippen LogP contribution < -0.4 is 10.1 Å². The van der Waals surface area contributed by atoms with E-state index in [0.29, 0.717) is 12.3 Å². The Labute approximate surface area is 140 Å².